The van der Waals surface area contributed by atoms with Crippen LogP contribution in [-0.2, 0) is 16.1 Å². The van der Waals surface area contributed by atoms with Gasteiger partial charge in [0.2, 0.25) is 11.8 Å². The standard InChI is InChI=1S/C23H23N3O4/c1-2-18(14-6-4-3-5-7-14)24-21(28)15-8-9-17-16(12-15)13-26(23(17)30)19-10-11-20(27)25-22(19)29/h3-9,12,18-19H,2,10-11,13H2,1H3,(H,24,28)(H,25,27,29)/t18-,19?/m1/s1. The topological polar surface area (TPSA) is 95.6 Å². The molecule has 7 heteroatoms. The molecule has 30 heavy (non-hydrogen) atoms. The average Bonchev–Trinajstić information content (AvgIpc) is 3.08. The molecule has 1 saturated heterocycles. The van der Waals surface area contributed by atoms with Gasteiger partial charge in [0, 0.05) is 24.1 Å². The van der Waals surface area contributed by atoms with Gasteiger partial charge >= 0.3 is 0 Å². The molecule has 1 fully saturated rings. The Morgan fingerprint density at radius 1 is 1.17 bits per heavy atom. The lowest BCUT2D eigenvalue weighted by Gasteiger charge is -2.29. The zero-order valence-corrected chi connectivity index (χ0v) is 16.7. The van der Waals surface area contributed by atoms with Gasteiger partial charge in [-0.2, -0.15) is 0 Å². The molecule has 0 bridgehead atoms. The Bertz CT molecular complexity index is 1020. The van der Waals surface area contributed by atoms with E-state index in [4.69, 9.17) is 0 Å². The van der Waals surface area contributed by atoms with Crippen LogP contribution in [0.1, 0.15) is 64.1 Å². The van der Waals surface area contributed by atoms with Crippen molar-refractivity contribution in [3.63, 3.8) is 0 Å². The monoisotopic (exact) mass is 405 g/mol. The van der Waals surface area contributed by atoms with Crippen LogP contribution in [0, 0.1) is 0 Å². The average molecular weight is 405 g/mol. The third kappa shape index (κ3) is 3.70. The van der Waals surface area contributed by atoms with E-state index in [-0.39, 0.29) is 36.7 Å². The molecule has 154 valence electrons. The first-order valence-electron chi connectivity index (χ1n) is 10.1. The summed E-state index contributed by atoms with van der Waals surface area (Å²) in [4.78, 5) is 50.6. The fourth-order valence-corrected chi connectivity index (χ4v) is 4.06. The molecule has 0 spiro atoms. The molecule has 2 atom stereocenters. The number of nitrogens with zero attached hydrogens (tertiary/aromatic N) is 1. The molecule has 2 aromatic rings. The largest absolute Gasteiger partial charge is 0.345 e. The number of hydrogen-bond donors (Lipinski definition) is 2. The van der Waals surface area contributed by atoms with Crippen LogP contribution in [0.5, 0.6) is 0 Å². The van der Waals surface area contributed by atoms with Gasteiger partial charge in [-0.3, -0.25) is 24.5 Å². The number of imide groups is 1. The second kappa shape index (κ2) is 8.10. The fourth-order valence-electron chi connectivity index (χ4n) is 4.06. The highest BCUT2D eigenvalue weighted by atomic mass is 16.2. The van der Waals surface area contributed by atoms with Crippen molar-refractivity contribution in [3.05, 3.63) is 70.8 Å². The van der Waals surface area contributed by atoms with Crippen molar-refractivity contribution in [2.24, 2.45) is 0 Å². The second-order valence-electron chi connectivity index (χ2n) is 7.62. The van der Waals surface area contributed by atoms with Gasteiger partial charge < -0.3 is 10.2 Å². The van der Waals surface area contributed by atoms with Crippen LogP contribution >= 0.6 is 0 Å². The molecule has 2 N–H and O–H groups in total. The van der Waals surface area contributed by atoms with Gasteiger partial charge in [-0.05, 0) is 42.2 Å². The van der Waals surface area contributed by atoms with Gasteiger partial charge in [0.15, 0.2) is 0 Å². The highest BCUT2D eigenvalue weighted by Gasteiger charge is 2.39. The molecular formula is C23H23N3O4. The number of benzene rings is 2. The predicted octanol–water partition coefficient (Wildman–Crippen LogP) is 2.33. The normalized spacial score (nSPS) is 19.3. The summed E-state index contributed by atoms with van der Waals surface area (Å²) >= 11 is 0. The summed E-state index contributed by atoms with van der Waals surface area (Å²) in [5.74, 6) is -1.22. The third-order valence-corrected chi connectivity index (χ3v) is 5.70. The SMILES string of the molecule is CC[C@@H](NC(=O)c1ccc2c(c1)CN(C1CCC(=O)NC1=O)C2=O)c1ccccc1. The van der Waals surface area contributed by atoms with Crippen LogP contribution in [0.4, 0.5) is 0 Å². The first-order chi connectivity index (χ1) is 14.5. The van der Waals surface area contributed by atoms with Crippen LogP contribution in [0.3, 0.4) is 0 Å². The van der Waals surface area contributed by atoms with Crippen LogP contribution in [0.2, 0.25) is 0 Å². The maximum absolute atomic E-state index is 12.8. The maximum atomic E-state index is 12.8. The molecule has 2 aliphatic rings. The molecule has 1 unspecified atom stereocenters. The summed E-state index contributed by atoms with van der Waals surface area (Å²) in [6.45, 7) is 2.26. The number of carbonyl (C=O) groups excluding carboxylic acids is 4. The minimum Gasteiger partial charge on any atom is -0.345 e. The van der Waals surface area contributed by atoms with E-state index >= 15 is 0 Å². The van der Waals surface area contributed by atoms with Crippen molar-refractivity contribution in [1.82, 2.24) is 15.5 Å². The Balaban J connectivity index is 1.50. The number of rotatable bonds is 5. The third-order valence-electron chi connectivity index (χ3n) is 5.70. The van der Waals surface area contributed by atoms with E-state index in [2.05, 4.69) is 10.6 Å². The smallest absolute Gasteiger partial charge is 0.255 e. The summed E-state index contributed by atoms with van der Waals surface area (Å²) in [5.41, 5.74) is 2.71. The van der Waals surface area contributed by atoms with E-state index in [0.29, 0.717) is 23.1 Å². The summed E-state index contributed by atoms with van der Waals surface area (Å²) in [5, 5.41) is 5.34. The Kier molecular flexibility index (Phi) is 5.35. The highest BCUT2D eigenvalue weighted by Crippen LogP contribution is 2.28. The molecule has 7 nitrogen and oxygen atoms in total. The van der Waals surface area contributed by atoms with Gasteiger partial charge in [-0.25, -0.2) is 0 Å². The number of nitrogens with one attached hydrogen (secondary N) is 2. The minimum absolute atomic E-state index is 0.103. The zero-order chi connectivity index (χ0) is 21.3. The van der Waals surface area contributed by atoms with Gasteiger partial charge in [0.05, 0.1) is 6.04 Å². The van der Waals surface area contributed by atoms with Crippen molar-refractivity contribution >= 4 is 23.6 Å². The Morgan fingerprint density at radius 3 is 2.63 bits per heavy atom. The lowest BCUT2D eigenvalue weighted by Crippen LogP contribution is -2.52. The van der Waals surface area contributed by atoms with Crippen LogP contribution in [-0.4, -0.2) is 34.6 Å². The lowest BCUT2D eigenvalue weighted by molar-refractivity contribution is -0.136. The van der Waals surface area contributed by atoms with Gasteiger partial charge in [-0.15, -0.1) is 0 Å². The van der Waals surface area contributed by atoms with Crippen molar-refractivity contribution in [2.45, 2.75) is 44.8 Å². The van der Waals surface area contributed by atoms with E-state index in [1.54, 1.807) is 18.2 Å². The molecule has 0 saturated carbocycles. The van der Waals surface area contributed by atoms with E-state index in [0.717, 1.165) is 12.0 Å². The summed E-state index contributed by atoms with van der Waals surface area (Å²) in [7, 11) is 0. The highest BCUT2D eigenvalue weighted by molar-refractivity contribution is 6.06. The number of amides is 4. The van der Waals surface area contributed by atoms with E-state index in [9.17, 15) is 19.2 Å². The summed E-state index contributed by atoms with van der Waals surface area (Å²) in [6.07, 6.45) is 1.28. The molecule has 4 rings (SSSR count). The van der Waals surface area contributed by atoms with Crippen molar-refractivity contribution in [2.75, 3.05) is 0 Å². The van der Waals surface area contributed by atoms with Crippen LogP contribution < -0.4 is 10.6 Å². The summed E-state index contributed by atoms with van der Waals surface area (Å²) < 4.78 is 0. The first-order valence-corrected chi connectivity index (χ1v) is 10.1. The summed E-state index contributed by atoms with van der Waals surface area (Å²) in [6, 6.07) is 14.0. The number of hydrogen-bond acceptors (Lipinski definition) is 4. The van der Waals surface area contributed by atoms with Crippen molar-refractivity contribution in [3.8, 4) is 0 Å². The fraction of sp³-hybridized carbons (Fsp3) is 0.304. The van der Waals surface area contributed by atoms with Gasteiger partial charge in [-0.1, -0.05) is 37.3 Å². The maximum Gasteiger partial charge on any atom is 0.255 e. The van der Waals surface area contributed by atoms with Gasteiger partial charge in [0.25, 0.3) is 11.8 Å². The van der Waals surface area contributed by atoms with E-state index in [1.807, 2.05) is 37.3 Å². The Hall–Kier alpha value is -3.48. The number of piperidine rings is 1. The van der Waals surface area contributed by atoms with Crippen molar-refractivity contribution in [1.29, 1.82) is 0 Å². The Labute approximate surface area is 174 Å². The minimum atomic E-state index is -0.664. The predicted molar refractivity (Wildman–Crippen MR) is 109 cm³/mol. The van der Waals surface area contributed by atoms with E-state index < -0.39 is 11.9 Å². The molecule has 2 heterocycles. The zero-order valence-electron chi connectivity index (χ0n) is 16.7. The van der Waals surface area contributed by atoms with Gasteiger partial charge in [0.1, 0.15) is 6.04 Å². The Morgan fingerprint density at radius 2 is 1.93 bits per heavy atom. The molecule has 4 amide bonds. The lowest BCUT2D eigenvalue weighted by atomic mass is 10.0. The molecule has 0 aliphatic carbocycles. The molecule has 2 aliphatic heterocycles. The molecular weight excluding hydrogens is 382 g/mol. The molecule has 0 radical (unpaired) electrons. The number of fused-ring (bicyclic) bond motifs is 1. The molecule has 2 aromatic carbocycles. The molecule has 0 aromatic heterocycles. The second-order valence-corrected chi connectivity index (χ2v) is 7.62. The quantitative estimate of drug-likeness (QED) is 0.747. The number of carbonyl (C=O) groups is 4. The van der Waals surface area contributed by atoms with E-state index in [1.165, 1.54) is 4.90 Å². The van der Waals surface area contributed by atoms with Crippen LogP contribution in [0.25, 0.3) is 0 Å². The first kappa shape index (κ1) is 19.8. The van der Waals surface area contributed by atoms with Crippen LogP contribution in [0.15, 0.2) is 48.5 Å². The van der Waals surface area contributed by atoms with Crippen molar-refractivity contribution < 1.29 is 19.2 Å².